The Bertz CT molecular complexity index is 619. The highest BCUT2D eigenvalue weighted by atomic mass is 19.1. The lowest BCUT2D eigenvalue weighted by Crippen LogP contribution is -2.40. The third-order valence-electron chi connectivity index (χ3n) is 5.23. The number of amides is 1. The first-order valence-electron chi connectivity index (χ1n) is 8.66. The quantitative estimate of drug-likeness (QED) is 0.834. The Morgan fingerprint density at radius 2 is 1.96 bits per heavy atom. The molecule has 0 atom stereocenters. The molecule has 6 heteroatoms. The van der Waals surface area contributed by atoms with E-state index in [1.54, 1.807) is 11.0 Å². The van der Waals surface area contributed by atoms with Gasteiger partial charge < -0.3 is 19.1 Å². The van der Waals surface area contributed by atoms with Crippen LogP contribution in [0.4, 0.5) is 10.1 Å². The average molecular weight is 335 g/mol. The topological polar surface area (TPSA) is 48.0 Å². The molecular formula is C18H22FNO4. The number of ether oxygens (including phenoxy) is 3. The minimum atomic E-state index is -0.395. The standard InChI is InChI=1S/C18H22FNO4/c19-14-1-2-16-15(12-14)20(7-8-22-16)17(21)11-13-3-5-18(6-4-13)23-9-10-24-18/h1-2,12-13H,3-11H2. The second kappa shape index (κ2) is 6.33. The summed E-state index contributed by atoms with van der Waals surface area (Å²) in [7, 11) is 0. The molecule has 2 fully saturated rings. The zero-order chi connectivity index (χ0) is 16.6. The maximum atomic E-state index is 13.5. The number of carbonyl (C=O) groups excluding carboxylic acids is 1. The summed E-state index contributed by atoms with van der Waals surface area (Å²) in [5.74, 6) is 0.197. The van der Waals surface area contributed by atoms with E-state index in [4.69, 9.17) is 14.2 Å². The third-order valence-corrected chi connectivity index (χ3v) is 5.23. The van der Waals surface area contributed by atoms with Crippen molar-refractivity contribution in [2.24, 2.45) is 5.92 Å². The molecule has 0 aromatic heterocycles. The number of nitrogens with zero attached hydrogens (tertiary/aromatic N) is 1. The Balaban J connectivity index is 1.40. The van der Waals surface area contributed by atoms with E-state index in [0.717, 1.165) is 25.7 Å². The highest BCUT2D eigenvalue weighted by Gasteiger charge is 2.41. The molecule has 0 N–H and O–H groups in total. The van der Waals surface area contributed by atoms with E-state index in [1.807, 2.05) is 0 Å². The molecule has 4 rings (SSSR count). The van der Waals surface area contributed by atoms with Crippen LogP contribution in [0.15, 0.2) is 18.2 Å². The third kappa shape index (κ3) is 3.00. The van der Waals surface area contributed by atoms with Gasteiger partial charge in [-0.15, -0.1) is 0 Å². The van der Waals surface area contributed by atoms with E-state index in [9.17, 15) is 9.18 Å². The molecule has 1 spiro atoms. The van der Waals surface area contributed by atoms with Gasteiger partial charge in [0, 0.05) is 25.3 Å². The summed E-state index contributed by atoms with van der Waals surface area (Å²) >= 11 is 0. The molecule has 1 saturated heterocycles. The summed E-state index contributed by atoms with van der Waals surface area (Å²) in [6.45, 7) is 2.25. The largest absolute Gasteiger partial charge is 0.490 e. The number of hydrogen-bond donors (Lipinski definition) is 0. The number of rotatable bonds is 2. The first-order valence-corrected chi connectivity index (χ1v) is 8.66. The van der Waals surface area contributed by atoms with E-state index in [2.05, 4.69) is 0 Å². The minimum absolute atomic E-state index is 0.0411. The Kier molecular flexibility index (Phi) is 4.18. The van der Waals surface area contributed by atoms with Crippen molar-refractivity contribution in [3.8, 4) is 5.75 Å². The lowest BCUT2D eigenvalue weighted by Gasteiger charge is -2.36. The van der Waals surface area contributed by atoms with Crippen LogP contribution in [-0.4, -0.2) is 38.1 Å². The van der Waals surface area contributed by atoms with E-state index in [1.165, 1.54) is 12.1 Å². The van der Waals surface area contributed by atoms with Gasteiger partial charge in [-0.3, -0.25) is 4.79 Å². The van der Waals surface area contributed by atoms with E-state index >= 15 is 0 Å². The molecule has 1 aliphatic carbocycles. The van der Waals surface area contributed by atoms with Crippen LogP contribution in [0.2, 0.25) is 0 Å². The molecule has 2 aliphatic heterocycles. The number of fused-ring (bicyclic) bond motifs is 1. The fourth-order valence-corrected chi connectivity index (χ4v) is 3.91. The molecule has 5 nitrogen and oxygen atoms in total. The molecule has 130 valence electrons. The fourth-order valence-electron chi connectivity index (χ4n) is 3.91. The van der Waals surface area contributed by atoms with Crippen LogP contribution in [0.3, 0.4) is 0 Å². The minimum Gasteiger partial charge on any atom is -0.490 e. The smallest absolute Gasteiger partial charge is 0.227 e. The second-order valence-electron chi connectivity index (χ2n) is 6.76. The Morgan fingerprint density at radius 1 is 1.21 bits per heavy atom. The first-order chi connectivity index (χ1) is 11.7. The molecule has 1 aromatic carbocycles. The van der Waals surface area contributed by atoms with Gasteiger partial charge in [0.05, 0.1) is 25.4 Å². The normalized spacial score (nSPS) is 23.1. The zero-order valence-electron chi connectivity index (χ0n) is 13.6. The number of benzene rings is 1. The summed E-state index contributed by atoms with van der Waals surface area (Å²) in [5, 5.41) is 0. The first kappa shape index (κ1) is 15.8. The van der Waals surface area contributed by atoms with Gasteiger partial charge in [0.1, 0.15) is 18.2 Å². The van der Waals surface area contributed by atoms with Crippen molar-refractivity contribution in [1.29, 1.82) is 0 Å². The monoisotopic (exact) mass is 335 g/mol. The lowest BCUT2D eigenvalue weighted by molar-refractivity contribution is -0.183. The SMILES string of the molecule is O=C(CC1CCC2(CC1)OCCO2)N1CCOc2ccc(F)cc21. The molecule has 0 bridgehead atoms. The van der Waals surface area contributed by atoms with Crippen LogP contribution in [0.1, 0.15) is 32.1 Å². The van der Waals surface area contributed by atoms with E-state index < -0.39 is 5.79 Å². The van der Waals surface area contributed by atoms with Crippen molar-refractivity contribution >= 4 is 11.6 Å². The van der Waals surface area contributed by atoms with Crippen molar-refractivity contribution in [2.45, 2.75) is 37.9 Å². The highest BCUT2D eigenvalue weighted by Crippen LogP contribution is 2.40. The van der Waals surface area contributed by atoms with Crippen molar-refractivity contribution in [1.82, 2.24) is 0 Å². The van der Waals surface area contributed by atoms with Gasteiger partial charge in [0.2, 0.25) is 5.91 Å². The maximum Gasteiger partial charge on any atom is 0.227 e. The van der Waals surface area contributed by atoms with Crippen molar-refractivity contribution < 1.29 is 23.4 Å². The van der Waals surface area contributed by atoms with Gasteiger partial charge in [-0.25, -0.2) is 4.39 Å². The Morgan fingerprint density at radius 3 is 2.71 bits per heavy atom. The second-order valence-corrected chi connectivity index (χ2v) is 6.76. The van der Waals surface area contributed by atoms with Crippen LogP contribution in [0.25, 0.3) is 0 Å². The molecule has 0 radical (unpaired) electrons. The number of halogens is 1. The van der Waals surface area contributed by atoms with Gasteiger partial charge in [-0.2, -0.15) is 0 Å². The predicted octanol–water partition coefficient (Wildman–Crippen LogP) is 2.87. The molecule has 1 saturated carbocycles. The summed E-state index contributed by atoms with van der Waals surface area (Å²) in [6, 6.07) is 4.32. The van der Waals surface area contributed by atoms with Gasteiger partial charge in [-0.1, -0.05) is 0 Å². The van der Waals surface area contributed by atoms with Gasteiger partial charge >= 0.3 is 0 Å². The summed E-state index contributed by atoms with van der Waals surface area (Å²) < 4.78 is 30.5. The Labute approximate surface area is 140 Å². The van der Waals surface area contributed by atoms with Gasteiger partial charge in [-0.05, 0) is 30.9 Å². The lowest BCUT2D eigenvalue weighted by atomic mass is 9.83. The molecular weight excluding hydrogens is 313 g/mol. The molecule has 1 aromatic rings. The molecule has 3 aliphatic rings. The predicted molar refractivity (Wildman–Crippen MR) is 85.5 cm³/mol. The van der Waals surface area contributed by atoms with Crippen LogP contribution < -0.4 is 9.64 Å². The van der Waals surface area contributed by atoms with Gasteiger partial charge in [0.15, 0.2) is 5.79 Å². The van der Waals surface area contributed by atoms with Gasteiger partial charge in [0.25, 0.3) is 0 Å². The van der Waals surface area contributed by atoms with Crippen LogP contribution in [0.5, 0.6) is 5.75 Å². The zero-order valence-corrected chi connectivity index (χ0v) is 13.6. The van der Waals surface area contributed by atoms with Crippen molar-refractivity contribution in [3.63, 3.8) is 0 Å². The number of anilines is 1. The average Bonchev–Trinajstić information content (AvgIpc) is 3.05. The Hall–Kier alpha value is -1.66. The van der Waals surface area contributed by atoms with Crippen LogP contribution in [-0.2, 0) is 14.3 Å². The highest BCUT2D eigenvalue weighted by molar-refractivity contribution is 5.95. The summed E-state index contributed by atoms with van der Waals surface area (Å²) in [4.78, 5) is 14.4. The van der Waals surface area contributed by atoms with E-state index in [-0.39, 0.29) is 11.7 Å². The van der Waals surface area contributed by atoms with Crippen molar-refractivity contribution in [3.05, 3.63) is 24.0 Å². The summed E-state index contributed by atoms with van der Waals surface area (Å²) in [6.07, 6.45) is 4.02. The maximum absolute atomic E-state index is 13.5. The fraction of sp³-hybridized carbons (Fsp3) is 0.611. The number of hydrogen-bond acceptors (Lipinski definition) is 4. The molecule has 2 heterocycles. The van der Waals surface area contributed by atoms with E-state index in [0.29, 0.717) is 50.1 Å². The molecule has 24 heavy (non-hydrogen) atoms. The van der Waals surface area contributed by atoms with Crippen LogP contribution in [0, 0.1) is 11.7 Å². The molecule has 1 amide bonds. The summed E-state index contributed by atoms with van der Waals surface area (Å²) in [5.41, 5.74) is 0.543. The number of carbonyl (C=O) groups is 1. The van der Waals surface area contributed by atoms with Crippen LogP contribution >= 0.6 is 0 Å². The van der Waals surface area contributed by atoms with Crippen molar-refractivity contribution in [2.75, 3.05) is 31.3 Å². The molecule has 0 unspecified atom stereocenters.